The molecule has 0 fully saturated rings. The first kappa shape index (κ1) is 15.6. The van der Waals surface area contributed by atoms with Crippen molar-refractivity contribution in [1.29, 1.82) is 0 Å². The standard InChI is InChI=1S/C22H18N4O/c1-14-18(11-15-5-3-2-4-6-15)22-24-20(13-21(27)26(22)25-14)17-8-7-16-9-10-23-19(16)12-17/h2-10,12-13,23-24H,11H2,1H3. The number of hydrogen-bond donors (Lipinski definition) is 2. The second-order valence-corrected chi connectivity index (χ2v) is 6.79. The predicted molar refractivity (Wildman–Crippen MR) is 107 cm³/mol. The smallest absolute Gasteiger partial charge is 0.274 e. The molecule has 27 heavy (non-hydrogen) atoms. The van der Waals surface area contributed by atoms with E-state index in [4.69, 9.17) is 0 Å². The highest BCUT2D eigenvalue weighted by atomic mass is 16.1. The summed E-state index contributed by atoms with van der Waals surface area (Å²) in [5.41, 5.74) is 6.52. The average Bonchev–Trinajstić information content (AvgIpc) is 3.27. The summed E-state index contributed by atoms with van der Waals surface area (Å²) in [6.45, 7) is 1.95. The molecule has 0 aliphatic heterocycles. The van der Waals surface area contributed by atoms with Gasteiger partial charge in [0.25, 0.3) is 5.56 Å². The third kappa shape index (κ3) is 2.64. The molecule has 5 aromatic rings. The summed E-state index contributed by atoms with van der Waals surface area (Å²) in [4.78, 5) is 19.3. The van der Waals surface area contributed by atoms with E-state index in [-0.39, 0.29) is 5.56 Å². The van der Waals surface area contributed by atoms with Gasteiger partial charge < -0.3 is 9.97 Å². The van der Waals surface area contributed by atoms with E-state index >= 15 is 0 Å². The molecular weight excluding hydrogens is 336 g/mol. The molecule has 5 heteroatoms. The highest BCUT2D eigenvalue weighted by Crippen LogP contribution is 2.24. The van der Waals surface area contributed by atoms with Crippen LogP contribution in [0.15, 0.2) is 71.7 Å². The number of aryl methyl sites for hydroxylation is 1. The van der Waals surface area contributed by atoms with E-state index < -0.39 is 0 Å². The lowest BCUT2D eigenvalue weighted by Crippen LogP contribution is -2.14. The minimum atomic E-state index is -0.132. The maximum Gasteiger partial charge on any atom is 0.274 e. The maximum atomic E-state index is 12.7. The van der Waals surface area contributed by atoms with Crippen LogP contribution >= 0.6 is 0 Å². The van der Waals surface area contributed by atoms with Crippen molar-refractivity contribution in [2.24, 2.45) is 0 Å². The number of hydrogen-bond acceptors (Lipinski definition) is 2. The molecule has 0 aliphatic carbocycles. The lowest BCUT2D eigenvalue weighted by atomic mass is 10.1. The van der Waals surface area contributed by atoms with Crippen molar-refractivity contribution >= 4 is 16.6 Å². The molecule has 5 nitrogen and oxygen atoms in total. The summed E-state index contributed by atoms with van der Waals surface area (Å²) >= 11 is 0. The summed E-state index contributed by atoms with van der Waals surface area (Å²) in [5, 5.41) is 5.60. The zero-order valence-corrected chi connectivity index (χ0v) is 14.9. The van der Waals surface area contributed by atoms with Gasteiger partial charge in [-0.15, -0.1) is 0 Å². The third-order valence-electron chi connectivity index (χ3n) is 5.00. The van der Waals surface area contributed by atoms with Crippen LogP contribution in [-0.4, -0.2) is 19.6 Å². The van der Waals surface area contributed by atoms with E-state index in [0.717, 1.165) is 45.5 Å². The molecule has 0 unspecified atom stereocenters. The summed E-state index contributed by atoms with van der Waals surface area (Å²) in [7, 11) is 0. The van der Waals surface area contributed by atoms with Crippen molar-refractivity contribution in [3.63, 3.8) is 0 Å². The number of fused-ring (bicyclic) bond motifs is 2. The summed E-state index contributed by atoms with van der Waals surface area (Å²) in [6, 6.07) is 20.0. The molecule has 0 aliphatic rings. The fourth-order valence-corrected chi connectivity index (χ4v) is 3.58. The topological polar surface area (TPSA) is 66.0 Å². The molecule has 3 aromatic heterocycles. The minimum Gasteiger partial charge on any atom is -0.361 e. The number of nitrogens with zero attached hydrogens (tertiary/aromatic N) is 2. The van der Waals surface area contributed by atoms with E-state index in [1.165, 1.54) is 10.1 Å². The highest BCUT2D eigenvalue weighted by Gasteiger charge is 2.14. The molecule has 0 spiro atoms. The Bertz CT molecular complexity index is 1330. The van der Waals surface area contributed by atoms with Crippen LogP contribution < -0.4 is 5.56 Å². The van der Waals surface area contributed by atoms with Crippen LogP contribution in [0.5, 0.6) is 0 Å². The molecule has 5 rings (SSSR count). The molecule has 0 saturated carbocycles. The first-order valence-electron chi connectivity index (χ1n) is 8.92. The zero-order chi connectivity index (χ0) is 18.4. The lowest BCUT2D eigenvalue weighted by molar-refractivity contribution is 0.882. The Morgan fingerprint density at radius 2 is 1.89 bits per heavy atom. The number of H-pyrrole nitrogens is 2. The largest absolute Gasteiger partial charge is 0.361 e. The fourth-order valence-electron chi connectivity index (χ4n) is 3.58. The highest BCUT2D eigenvalue weighted by molar-refractivity contribution is 5.84. The molecule has 0 bridgehead atoms. The fraction of sp³-hybridized carbons (Fsp3) is 0.0909. The van der Waals surface area contributed by atoms with Gasteiger partial charge in [0.05, 0.1) is 11.4 Å². The van der Waals surface area contributed by atoms with Gasteiger partial charge in [0, 0.05) is 35.3 Å². The zero-order valence-electron chi connectivity index (χ0n) is 14.9. The molecule has 2 aromatic carbocycles. The quantitative estimate of drug-likeness (QED) is 0.513. The van der Waals surface area contributed by atoms with E-state index in [1.54, 1.807) is 6.07 Å². The second-order valence-electron chi connectivity index (χ2n) is 6.79. The number of nitrogens with one attached hydrogen (secondary N) is 2. The maximum absolute atomic E-state index is 12.7. The first-order chi connectivity index (χ1) is 13.2. The van der Waals surface area contributed by atoms with Crippen LogP contribution in [0.25, 0.3) is 27.8 Å². The van der Waals surface area contributed by atoms with E-state index in [2.05, 4.69) is 39.3 Å². The van der Waals surface area contributed by atoms with Gasteiger partial charge in [0.15, 0.2) is 0 Å². The Morgan fingerprint density at radius 3 is 2.74 bits per heavy atom. The predicted octanol–water partition coefficient (Wildman–Crippen LogP) is 4.07. The van der Waals surface area contributed by atoms with E-state index in [1.807, 2.05) is 43.5 Å². The van der Waals surface area contributed by atoms with Crippen LogP contribution in [0.1, 0.15) is 16.8 Å². The third-order valence-corrected chi connectivity index (χ3v) is 5.00. The van der Waals surface area contributed by atoms with Gasteiger partial charge >= 0.3 is 0 Å². The van der Waals surface area contributed by atoms with Crippen LogP contribution in [0.4, 0.5) is 0 Å². The van der Waals surface area contributed by atoms with Gasteiger partial charge in [0.2, 0.25) is 0 Å². The minimum absolute atomic E-state index is 0.132. The van der Waals surface area contributed by atoms with Gasteiger partial charge in [-0.3, -0.25) is 4.79 Å². The number of aromatic amines is 2. The van der Waals surface area contributed by atoms with Gasteiger partial charge in [-0.25, -0.2) is 0 Å². The van der Waals surface area contributed by atoms with E-state index in [0.29, 0.717) is 0 Å². The number of aromatic nitrogens is 4. The monoisotopic (exact) mass is 354 g/mol. The van der Waals surface area contributed by atoms with Crippen LogP contribution in [0, 0.1) is 6.92 Å². The van der Waals surface area contributed by atoms with Crippen molar-refractivity contribution in [1.82, 2.24) is 19.6 Å². The summed E-state index contributed by atoms with van der Waals surface area (Å²) in [6.07, 6.45) is 2.64. The lowest BCUT2D eigenvalue weighted by Gasteiger charge is -2.06. The Morgan fingerprint density at radius 1 is 1.04 bits per heavy atom. The summed E-state index contributed by atoms with van der Waals surface area (Å²) in [5.74, 6) is 0. The van der Waals surface area contributed by atoms with Crippen LogP contribution in [0.2, 0.25) is 0 Å². The molecule has 0 radical (unpaired) electrons. The van der Waals surface area contributed by atoms with E-state index in [9.17, 15) is 4.79 Å². The van der Waals surface area contributed by atoms with Gasteiger partial charge in [-0.05, 0) is 30.0 Å². The Labute approximate surface area is 155 Å². The molecule has 132 valence electrons. The number of benzene rings is 2. The Balaban J connectivity index is 1.68. The molecule has 2 N–H and O–H groups in total. The van der Waals surface area contributed by atoms with Crippen molar-refractivity contribution in [2.75, 3.05) is 0 Å². The van der Waals surface area contributed by atoms with Crippen molar-refractivity contribution in [2.45, 2.75) is 13.3 Å². The Hall–Kier alpha value is -3.60. The van der Waals surface area contributed by atoms with Crippen LogP contribution in [-0.2, 0) is 6.42 Å². The van der Waals surface area contributed by atoms with Crippen molar-refractivity contribution in [3.05, 3.63) is 94.0 Å². The second kappa shape index (κ2) is 5.99. The average molecular weight is 354 g/mol. The summed E-state index contributed by atoms with van der Waals surface area (Å²) < 4.78 is 1.46. The normalized spacial score (nSPS) is 11.4. The Kier molecular flexibility index (Phi) is 3.47. The van der Waals surface area contributed by atoms with Gasteiger partial charge in [-0.2, -0.15) is 9.61 Å². The van der Waals surface area contributed by atoms with Crippen molar-refractivity contribution < 1.29 is 0 Å². The SMILES string of the molecule is Cc1nn2c(=O)cc(-c3ccc4cc[nH]c4c3)[nH]c2c1Cc1ccccc1. The van der Waals surface area contributed by atoms with Crippen molar-refractivity contribution in [3.8, 4) is 11.3 Å². The molecule has 0 atom stereocenters. The van der Waals surface area contributed by atoms with Crippen LogP contribution in [0.3, 0.4) is 0 Å². The van der Waals surface area contributed by atoms with Gasteiger partial charge in [0.1, 0.15) is 5.65 Å². The molecule has 0 amide bonds. The molecular formula is C22H18N4O. The molecule has 3 heterocycles. The molecule has 0 saturated heterocycles. The first-order valence-corrected chi connectivity index (χ1v) is 8.92. The van der Waals surface area contributed by atoms with Gasteiger partial charge in [-0.1, -0.05) is 42.5 Å². The number of rotatable bonds is 3.